The highest BCUT2D eigenvalue weighted by Crippen LogP contribution is 2.45. The highest BCUT2D eigenvalue weighted by Gasteiger charge is 2.19. The summed E-state index contributed by atoms with van der Waals surface area (Å²) in [6, 6.07) is 37.6. The van der Waals surface area contributed by atoms with Gasteiger partial charge >= 0.3 is 0 Å². The Morgan fingerprint density at radius 1 is 0.491 bits per heavy atom. The van der Waals surface area contributed by atoms with E-state index in [0.29, 0.717) is 33.4 Å². The van der Waals surface area contributed by atoms with Crippen LogP contribution in [0.15, 0.2) is 200 Å². The van der Waals surface area contributed by atoms with E-state index < -0.39 is 73.6 Å². The summed E-state index contributed by atoms with van der Waals surface area (Å²) in [6.45, 7) is -3.01. The van der Waals surface area contributed by atoms with Gasteiger partial charge in [0.25, 0.3) is 0 Å². The van der Waals surface area contributed by atoms with Crippen LogP contribution in [0, 0.1) is 0 Å². The molecule has 0 saturated heterocycles. The van der Waals surface area contributed by atoms with Crippen molar-refractivity contribution in [2.75, 3.05) is 0 Å². The van der Waals surface area contributed by atoms with Gasteiger partial charge in [0.15, 0.2) is 0 Å². The molecule has 0 saturated carbocycles. The Bertz CT molecular complexity index is 3600. The van der Waals surface area contributed by atoms with E-state index in [1.807, 2.05) is 97.1 Å². The minimum Gasteiger partial charge on any atom is -0.296 e. The zero-order valence-corrected chi connectivity index (χ0v) is 29.2. The molecule has 1 heterocycles. The van der Waals surface area contributed by atoms with Gasteiger partial charge in [-0.15, -0.1) is 0 Å². The van der Waals surface area contributed by atoms with E-state index in [2.05, 4.69) is 4.98 Å². The van der Waals surface area contributed by atoms with E-state index in [4.69, 9.17) is 20.6 Å². The van der Waals surface area contributed by atoms with E-state index in [-0.39, 0.29) is 28.1 Å². The van der Waals surface area contributed by atoms with Crippen LogP contribution >= 0.6 is 0 Å². The normalized spacial score (nSPS) is 15.8. The van der Waals surface area contributed by atoms with Gasteiger partial charge in [-0.1, -0.05) is 170 Å². The van der Waals surface area contributed by atoms with Crippen LogP contribution in [0.5, 0.6) is 0 Å². The van der Waals surface area contributed by atoms with Gasteiger partial charge in [0.2, 0.25) is 0 Å². The van der Waals surface area contributed by atoms with Gasteiger partial charge in [-0.2, -0.15) is 0 Å². The number of aromatic nitrogens is 2. The monoisotopic (exact) mass is 717 g/mol. The molecule has 0 N–H and O–H groups in total. The molecule has 2 heteroatoms. The van der Waals surface area contributed by atoms with Crippen LogP contribution in [0.25, 0.3) is 93.9 Å². The summed E-state index contributed by atoms with van der Waals surface area (Å²) in [5.74, 6) is -0.241. The molecule has 2 nitrogen and oxygen atoms in total. The van der Waals surface area contributed by atoms with E-state index in [1.165, 1.54) is 6.07 Å². The van der Waals surface area contributed by atoms with Gasteiger partial charge in [-0.05, 0) is 108 Å². The highest BCUT2D eigenvalue weighted by atomic mass is 15.1. The predicted molar refractivity (Wildman–Crippen MR) is 233 cm³/mol. The molecule has 0 radical (unpaired) electrons. The summed E-state index contributed by atoms with van der Waals surface area (Å²) >= 11 is 0. The molecule has 10 rings (SSSR count). The van der Waals surface area contributed by atoms with E-state index in [9.17, 15) is 0 Å². The average molecular weight is 718 g/mol. The maximum absolute atomic E-state index is 8.93. The third-order valence-electron chi connectivity index (χ3n) is 10.0. The van der Waals surface area contributed by atoms with E-state index >= 15 is 0 Å². The third kappa shape index (κ3) is 5.71. The highest BCUT2D eigenvalue weighted by molar-refractivity contribution is 6.21. The standard InChI is InChI=1S/C53H38N2/c1-2-51-54-48-26-14-16-28-50(48)55(51)49-27-15-13-21-43(49)38-29-31-39(32-30-38)52-44-22-9-11-24-46(44)53(47-25-12-10-23-45(47)52)42-34-40(36-17-5-3-6-18-36)33-41(35-42)37-19-7-4-8-20-37/h3-35H,2H2,1H3/i1D3,2D2,3D,4D,5D,6D,7D,8D,17D,18D,19D,20D. The fourth-order valence-electron chi connectivity index (χ4n) is 7.68. The summed E-state index contributed by atoms with van der Waals surface area (Å²) in [6.07, 6.45) is -2.79. The topological polar surface area (TPSA) is 17.8 Å². The lowest BCUT2D eigenvalue weighted by Gasteiger charge is -2.19. The van der Waals surface area contributed by atoms with Crippen molar-refractivity contribution in [1.29, 1.82) is 0 Å². The zero-order valence-electron chi connectivity index (χ0n) is 44.2. The van der Waals surface area contributed by atoms with Crippen molar-refractivity contribution in [3.05, 3.63) is 206 Å². The lowest BCUT2D eigenvalue weighted by molar-refractivity contribution is 0.909. The molecule has 0 bridgehead atoms. The first-order valence-corrected chi connectivity index (χ1v) is 17.7. The molecule has 0 fully saturated rings. The van der Waals surface area contributed by atoms with E-state index in [0.717, 1.165) is 38.2 Å². The van der Waals surface area contributed by atoms with Crippen LogP contribution in [0.3, 0.4) is 0 Å². The molecule has 10 aromatic rings. The van der Waals surface area contributed by atoms with Crippen molar-refractivity contribution in [3.63, 3.8) is 0 Å². The molecule has 0 unspecified atom stereocenters. The fourth-order valence-corrected chi connectivity index (χ4v) is 7.68. The molecule has 55 heavy (non-hydrogen) atoms. The smallest absolute Gasteiger partial charge is 0.114 e. The maximum Gasteiger partial charge on any atom is 0.114 e. The van der Waals surface area contributed by atoms with Gasteiger partial charge in [0, 0.05) is 18.8 Å². The molecule has 0 aliphatic carbocycles. The summed E-state index contributed by atoms with van der Waals surface area (Å²) in [5.41, 5.74) is 6.11. The van der Waals surface area contributed by atoms with Crippen molar-refractivity contribution < 1.29 is 20.6 Å². The summed E-state index contributed by atoms with van der Waals surface area (Å²) in [4.78, 5) is 4.53. The minimum atomic E-state index is -3.01. The first-order chi connectivity index (χ1) is 33.3. The number of hydrogen-bond donors (Lipinski definition) is 0. The number of para-hydroxylation sites is 3. The molecule has 0 atom stereocenters. The van der Waals surface area contributed by atoms with Gasteiger partial charge in [-0.3, -0.25) is 4.57 Å². The zero-order chi connectivity index (χ0) is 49.7. The van der Waals surface area contributed by atoms with Gasteiger partial charge in [-0.25, -0.2) is 4.98 Å². The molecule has 1 aromatic heterocycles. The number of nitrogens with zero attached hydrogens (tertiary/aromatic N) is 2. The van der Waals surface area contributed by atoms with Crippen LogP contribution in [0.4, 0.5) is 0 Å². The second kappa shape index (κ2) is 13.7. The number of rotatable bonds is 7. The van der Waals surface area contributed by atoms with Crippen molar-refractivity contribution in [2.24, 2.45) is 0 Å². The second-order valence-corrected chi connectivity index (χ2v) is 13.1. The molecule has 0 amide bonds. The van der Waals surface area contributed by atoms with Gasteiger partial charge in [0.05, 0.1) is 30.4 Å². The van der Waals surface area contributed by atoms with Gasteiger partial charge < -0.3 is 0 Å². The number of imidazole rings is 1. The van der Waals surface area contributed by atoms with Crippen LogP contribution in [0.2, 0.25) is 0 Å². The Morgan fingerprint density at radius 2 is 0.982 bits per heavy atom. The Morgan fingerprint density at radius 3 is 1.58 bits per heavy atom. The van der Waals surface area contributed by atoms with E-state index in [1.54, 1.807) is 41.0 Å². The van der Waals surface area contributed by atoms with Crippen LogP contribution in [0.1, 0.15) is 33.2 Å². The van der Waals surface area contributed by atoms with Crippen LogP contribution in [-0.4, -0.2) is 9.55 Å². The SMILES string of the molecule is [2H]c1c([2H])c([2H])c(-c2cc(-c3c([2H])c([2H])c([2H])c([2H])c3[2H])cc(-c3c4ccccc4c(-c4ccc(-c5ccccc5-n5c(C([2H])([2H])C([2H])([2H])[2H])nc6ccccc65)cc4)c4ccccc34)c2)c([2H])c1[2H]. The van der Waals surface area contributed by atoms with Crippen molar-refractivity contribution in [2.45, 2.75) is 13.2 Å². The first-order valence-electron chi connectivity index (χ1n) is 25.2. The van der Waals surface area contributed by atoms with Gasteiger partial charge in [0.1, 0.15) is 5.82 Å². The minimum absolute atomic E-state index is 0.109. The number of hydrogen-bond acceptors (Lipinski definition) is 1. The molecule has 0 aliphatic rings. The molecule has 0 aliphatic heterocycles. The van der Waals surface area contributed by atoms with Crippen molar-refractivity contribution in [3.8, 4) is 61.3 Å². The lowest BCUT2D eigenvalue weighted by Crippen LogP contribution is -2.02. The third-order valence-corrected chi connectivity index (χ3v) is 10.0. The molecule has 0 spiro atoms. The second-order valence-electron chi connectivity index (χ2n) is 13.1. The first kappa shape index (κ1) is 20.4. The predicted octanol–water partition coefficient (Wildman–Crippen LogP) is 14.2. The molecular formula is C53H38N2. The quantitative estimate of drug-likeness (QED) is 0.150. The number of aryl methyl sites for hydroxylation is 1. The largest absolute Gasteiger partial charge is 0.296 e. The molecular weight excluding hydrogens is 665 g/mol. The molecule has 260 valence electrons. The number of fused-ring (bicyclic) bond motifs is 3. The van der Waals surface area contributed by atoms with Crippen LogP contribution in [-0.2, 0) is 6.37 Å². The maximum atomic E-state index is 8.93. The van der Waals surface area contributed by atoms with Crippen LogP contribution < -0.4 is 0 Å². The fraction of sp³-hybridized carbons (Fsp3) is 0.0377. The summed E-state index contributed by atoms with van der Waals surface area (Å²) in [5, 5.41) is 3.23. The number of benzene rings is 9. The van der Waals surface area contributed by atoms with Crippen molar-refractivity contribution in [1.82, 2.24) is 9.55 Å². The Balaban J connectivity index is 1.19. The summed E-state index contributed by atoms with van der Waals surface area (Å²) in [7, 11) is 0. The molecule has 9 aromatic carbocycles. The Labute approximate surface area is 342 Å². The Kier molecular flexibility index (Phi) is 5.11. The summed E-state index contributed by atoms with van der Waals surface area (Å²) < 4.78 is 130. The Hall–Kier alpha value is -7.03. The van der Waals surface area contributed by atoms with Crippen molar-refractivity contribution >= 4 is 32.6 Å². The average Bonchev–Trinajstić information content (AvgIpc) is 3.76. The lowest BCUT2D eigenvalue weighted by atomic mass is 9.84.